The molecule has 1 aromatic carbocycles. The quantitative estimate of drug-likeness (QED) is 0.723. The van der Waals surface area contributed by atoms with Crippen LogP contribution in [-0.2, 0) is 11.3 Å². The van der Waals surface area contributed by atoms with Gasteiger partial charge in [-0.25, -0.2) is 0 Å². The summed E-state index contributed by atoms with van der Waals surface area (Å²) in [5, 5.41) is 13.1. The van der Waals surface area contributed by atoms with Crippen LogP contribution < -0.4 is 4.74 Å². The van der Waals surface area contributed by atoms with Gasteiger partial charge in [0.25, 0.3) is 0 Å². The Balaban J connectivity index is 1.37. The predicted octanol–water partition coefficient (Wildman–Crippen LogP) is 2.23. The molecule has 0 N–H and O–H groups in total. The van der Waals surface area contributed by atoms with Crippen LogP contribution in [0.2, 0.25) is 0 Å². The molecule has 0 bridgehead atoms. The van der Waals surface area contributed by atoms with Crippen molar-refractivity contribution in [2.24, 2.45) is 0 Å². The first-order valence-electron chi connectivity index (χ1n) is 8.69. The Labute approximate surface area is 148 Å². The van der Waals surface area contributed by atoms with Crippen molar-refractivity contribution in [2.75, 3.05) is 32.8 Å². The molecule has 6 heteroatoms. The molecule has 2 heterocycles. The summed E-state index contributed by atoms with van der Waals surface area (Å²) in [6.07, 6.45) is 5.08. The van der Waals surface area contributed by atoms with Crippen molar-refractivity contribution in [1.29, 1.82) is 5.26 Å². The molecule has 0 saturated carbocycles. The number of benzene rings is 1. The topological polar surface area (TPSA) is 63.3 Å². The number of ether oxygens (including phenoxy) is 2. The Kier molecular flexibility index (Phi) is 6.04. The monoisotopic (exact) mass is 340 g/mol. The predicted molar refractivity (Wildman–Crippen MR) is 94.4 cm³/mol. The summed E-state index contributed by atoms with van der Waals surface area (Å²) in [7, 11) is 0. The molecular weight excluding hydrogens is 316 g/mol. The lowest BCUT2D eigenvalue weighted by Gasteiger charge is -2.32. The van der Waals surface area contributed by atoms with E-state index in [1.165, 1.54) is 5.56 Å². The van der Waals surface area contributed by atoms with E-state index in [2.05, 4.69) is 16.1 Å². The molecule has 0 amide bonds. The maximum atomic E-state index is 8.79. The zero-order valence-electron chi connectivity index (χ0n) is 14.6. The highest BCUT2D eigenvalue weighted by Gasteiger charge is 2.20. The highest BCUT2D eigenvalue weighted by atomic mass is 16.5. The molecule has 1 saturated heterocycles. The molecule has 0 spiro atoms. The van der Waals surface area contributed by atoms with E-state index < -0.39 is 0 Å². The summed E-state index contributed by atoms with van der Waals surface area (Å²) in [6, 6.07) is 9.35. The maximum Gasteiger partial charge on any atom is 0.119 e. The highest BCUT2D eigenvalue weighted by Crippen LogP contribution is 2.12. The molecule has 3 rings (SSSR count). The summed E-state index contributed by atoms with van der Waals surface area (Å²) in [5.41, 5.74) is 1.83. The standard InChI is InChI=1S/C19H24N4O2/c1-16-12-21-23(13-16)15-19-14-22(8-10-25-19)7-2-9-24-18-5-3-17(11-20)4-6-18/h3-6,12-13,19H,2,7-10,14-15H2,1H3. The molecule has 132 valence electrons. The van der Waals surface area contributed by atoms with Crippen molar-refractivity contribution in [1.82, 2.24) is 14.7 Å². The van der Waals surface area contributed by atoms with Crippen LogP contribution in [-0.4, -0.2) is 53.6 Å². The zero-order chi connectivity index (χ0) is 17.5. The van der Waals surface area contributed by atoms with Gasteiger partial charge in [-0.15, -0.1) is 0 Å². The van der Waals surface area contributed by atoms with Gasteiger partial charge in [-0.2, -0.15) is 10.4 Å². The van der Waals surface area contributed by atoms with E-state index in [4.69, 9.17) is 14.7 Å². The van der Waals surface area contributed by atoms with E-state index in [1.807, 2.05) is 36.1 Å². The van der Waals surface area contributed by atoms with Crippen LogP contribution in [0.3, 0.4) is 0 Å². The first-order valence-corrected chi connectivity index (χ1v) is 8.69. The molecule has 1 atom stereocenters. The smallest absolute Gasteiger partial charge is 0.119 e. The van der Waals surface area contributed by atoms with Gasteiger partial charge in [0.2, 0.25) is 0 Å². The molecule has 0 radical (unpaired) electrons. The van der Waals surface area contributed by atoms with Crippen LogP contribution in [0.15, 0.2) is 36.7 Å². The van der Waals surface area contributed by atoms with Gasteiger partial charge < -0.3 is 9.47 Å². The van der Waals surface area contributed by atoms with E-state index >= 15 is 0 Å². The maximum absolute atomic E-state index is 8.79. The van der Waals surface area contributed by atoms with Crippen molar-refractivity contribution in [3.63, 3.8) is 0 Å². The molecule has 1 aliphatic rings. The minimum Gasteiger partial charge on any atom is -0.494 e. The molecule has 25 heavy (non-hydrogen) atoms. The van der Waals surface area contributed by atoms with Gasteiger partial charge in [-0.05, 0) is 43.2 Å². The molecule has 1 fully saturated rings. The van der Waals surface area contributed by atoms with Crippen LogP contribution in [0, 0.1) is 18.3 Å². The summed E-state index contributed by atoms with van der Waals surface area (Å²) < 4.78 is 13.6. The summed E-state index contributed by atoms with van der Waals surface area (Å²) in [5.74, 6) is 0.813. The van der Waals surface area contributed by atoms with E-state index in [-0.39, 0.29) is 6.10 Å². The lowest BCUT2D eigenvalue weighted by molar-refractivity contribution is -0.0383. The lowest BCUT2D eigenvalue weighted by Crippen LogP contribution is -2.44. The van der Waals surface area contributed by atoms with Gasteiger partial charge in [0.15, 0.2) is 0 Å². The number of aryl methyl sites for hydroxylation is 1. The van der Waals surface area contributed by atoms with Crippen LogP contribution in [0.5, 0.6) is 5.75 Å². The lowest BCUT2D eigenvalue weighted by atomic mass is 10.2. The molecule has 1 aliphatic heterocycles. The van der Waals surface area contributed by atoms with Crippen LogP contribution >= 0.6 is 0 Å². The average Bonchev–Trinajstić information content (AvgIpc) is 3.04. The van der Waals surface area contributed by atoms with Crippen molar-refractivity contribution in [3.05, 3.63) is 47.8 Å². The average molecular weight is 340 g/mol. The van der Waals surface area contributed by atoms with Gasteiger partial charge in [-0.3, -0.25) is 9.58 Å². The van der Waals surface area contributed by atoms with Crippen molar-refractivity contribution >= 4 is 0 Å². The van der Waals surface area contributed by atoms with E-state index in [0.717, 1.165) is 45.0 Å². The third kappa shape index (κ3) is 5.31. The number of aromatic nitrogens is 2. The fraction of sp³-hybridized carbons (Fsp3) is 0.474. The fourth-order valence-corrected chi connectivity index (χ4v) is 2.97. The van der Waals surface area contributed by atoms with Crippen LogP contribution in [0.4, 0.5) is 0 Å². The zero-order valence-corrected chi connectivity index (χ0v) is 14.6. The van der Waals surface area contributed by atoms with Crippen molar-refractivity contribution in [3.8, 4) is 11.8 Å². The third-order valence-corrected chi connectivity index (χ3v) is 4.25. The fourth-order valence-electron chi connectivity index (χ4n) is 2.97. The number of morpholine rings is 1. The van der Waals surface area contributed by atoms with Crippen molar-refractivity contribution < 1.29 is 9.47 Å². The minimum absolute atomic E-state index is 0.187. The molecular formula is C19H24N4O2. The first-order chi connectivity index (χ1) is 12.2. The molecule has 2 aromatic rings. The number of hydrogen-bond donors (Lipinski definition) is 0. The van der Waals surface area contributed by atoms with Gasteiger partial charge >= 0.3 is 0 Å². The second-order valence-electron chi connectivity index (χ2n) is 6.37. The molecule has 1 unspecified atom stereocenters. The SMILES string of the molecule is Cc1cnn(CC2CN(CCCOc3ccc(C#N)cc3)CCO2)c1. The number of nitrogens with zero attached hydrogens (tertiary/aromatic N) is 4. The minimum atomic E-state index is 0.187. The van der Waals surface area contributed by atoms with E-state index in [9.17, 15) is 0 Å². The molecule has 0 aliphatic carbocycles. The number of rotatable bonds is 7. The van der Waals surface area contributed by atoms with Crippen LogP contribution in [0.1, 0.15) is 17.5 Å². The Morgan fingerprint density at radius 2 is 2.20 bits per heavy atom. The van der Waals surface area contributed by atoms with Gasteiger partial charge in [0, 0.05) is 25.8 Å². The Hall–Kier alpha value is -2.36. The normalized spacial score (nSPS) is 18.0. The van der Waals surface area contributed by atoms with Crippen LogP contribution in [0.25, 0.3) is 0 Å². The summed E-state index contributed by atoms with van der Waals surface area (Å²) >= 11 is 0. The summed E-state index contributed by atoms with van der Waals surface area (Å²) in [4.78, 5) is 2.42. The molecule has 6 nitrogen and oxygen atoms in total. The second kappa shape index (κ2) is 8.65. The largest absolute Gasteiger partial charge is 0.494 e. The number of hydrogen-bond acceptors (Lipinski definition) is 5. The van der Waals surface area contributed by atoms with E-state index in [0.29, 0.717) is 12.2 Å². The summed E-state index contributed by atoms with van der Waals surface area (Å²) in [6.45, 7) is 7.17. The van der Waals surface area contributed by atoms with E-state index in [1.54, 1.807) is 12.1 Å². The third-order valence-electron chi connectivity index (χ3n) is 4.25. The van der Waals surface area contributed by atoms with Gasteiger partial charge in [0.1, 0.15) is 5.75 Å². The Morgan fingerprint density at radius 3 is 2.92 bits per heavy atom. The number of nitriles is 1. The van der Waals surface area contributed by atoms with Gasteiger partial charge in [0.05, 0.1) is 43.7 Å². The first kappa shape index (κ1) is 17.5. The Morgan fingerprint density at radius 1 is 1.36 bits per heavy atom. The van der Waals surface area contributed by atoms with Gasteiger partial charge in [-0.1, -0.05) is 0 Å². The Bertz CT molecular complexity index is 705. The van der Waals surface area contributed by atoms with Crippen molar-refractivity contribution in [2.45, 2.75) is 26.0 Å². The molecule has 1 aromatic heterocycles. The second-order valence-corrected chi connectivity index (χ2v) is 6.37. The highest BCUT2D eigenvalue weighted by molar-refractivity contribution is 5.34.